The zero-order valence-electron chi connectivity index (χ0n) is 16.5. The number of nitrogens with zero attached hydrogens (tertiary/aromatic N) is 6. The molecule has 0 amide bonds. The van der Waals surface area contributed by atoms with Gasteiger partial charge in [0, 0.05) is 57.9 Å². The van der Waals surface area contributed by atoms with Crippen LogP contribution in [0.5, 0.6) is 17.2 Å². The van der Waals surface area contributed by atoms with Crippen LogP contribution in [-0.2, 0) is 0 Å². The third kappa shape index (κ3) is 4.14. The summed E-state index contributed by atoms with van der Waals surface area (Å²) in [6.45, 7) is 3.43. The summed E-state index contributed by atoms with van der Waals surface area (Å²) >= 11 is 0. The van der Waals surface area contributed by atoms with Crippen LogP contribution >= 0.6 is 0 Å². The van der Waals surface area contributed by atoms with E-state index >= 15 is 0 Å². The number of aromatic hydroxyl groups is 3. The van der Waals surface area contributed by atoms with Crippen LogP contribution in [0.15, 0.2) is 55.0 Å². The summed E-state index contributed by atoms with van der Waals surface area (Å²) in [5, 5.41) is 30.9. The first-order chi connectivity index (χ1) is 14.6. The Bertz CT molecular complexity index is 863. The van der Waals surface area contributed by atoms with Crippen LogP contribution in [0.3, 0.4) is 0 Å². The fraction of sp³-hybridized carbons (Fsp3) is 0.286. The predicted octanol–water partition coefficient (Wildman–Crippen LogP) is 1.82. The third-order valence-corrected chi connectivity index (χ3v) is 5.12. The molecule has 4 rings (SSSR count). The zero-order chi connectivity index (χ0) is 20.9. The summed E-state index contributed by atoms with van der Waals surface area (Å²) in [5.74, 6) is 1.81. The van der Waals surface area contributed by atoms with Crippen molar-refractivity contribution in [2.45, 2.75) is 0 Å². The van der Waals surface area contributed by atoms with Crippen LogP contribution in [0.4, 0.5) is 17.5 Å². The molecule has 0 spiro atoms. The molecule has 1 aliphatic heterocycles. The Balaban J connectivity index is 1.67. The van der Waals surface area contributed by atoms with Gasteiger partial charge in [-0.1, -0.05) is 0 Å². The fourth-order valence-corrected chi connectivity index (χ4v) is 3.59. The van der Waals surface area contributed by atoms with Gasteiger partial charge in [-0.25, -0.2) is 15.0 Å². The highest BCUT2D eigenvalue weighted by Gasteiger charge is 2.22. The van der Waals surface area contributed by atoms with Crippen molar-refractivity contribution in [1.29, 1.82) is 0 Å². The Kier molecular flexibility index (Phi) is 5.69. The Labute approximate surface area is 174 Å². The standard InChI is InChI=1S/C21H24N6O3/c28-16-4-1-7-22-19(16)25-10-12-26(20-17(29)5-2-8-23-20)14-15-27(13-11-25)21-18(30)6-3-9-24-21/h1-9,28-30H,10-15H2. The van der Waals surface area contributed by atoms with E-state index in [9.17, 15) is 15.3 Å². The van der Waals surface area contributed by atoms with Gasteiger partial charge in [0.25, 0.3) is 0 Å². The Hall–Kier alpha value is -3.75. The highest BCUT2D eigenvalue weighted by Crippen LogP contribution is 2.28. The zero-order valence-corrected chi connectivity index (χ0v) is 16.5. The van der Waals surface area contributed by atoms with Gasteiger partial charge in [-0.2, -0.15) is 0 Å². The van der Waals surface area contributed by atoms with Gasteiger partial charge in [0.1, 0.15) is 0 Å². The lowest BCUT2D eigenvalue weighted by Gasteiger charge is -2.27. The second-order valence-electron chi connectivity index (χ2n) is 7.00. The number of pyridine rings is 3. The molecular formula is C21H24N6O3. The molecule has 0 unspecified atom stereocenters. The quantitative estimate of drug-likeness (QED) is 0.598. The maximum atomic E-state index is 10.3. The average Bonchev–Trinajstić information content (AvgIpc) is 2.86. The third-order valence-electron chi connectivity index (χ3n) is 5.12. The van der Waals surface area contributed by atoms with E-state index in [-0.39, 0.29) is 17.2 Å². The highest BCUT2D eigenvalue weighted by molar-refractivity contribution is 5.56. The number of aromatic nitrogens is 3. The molecular weight excluding hydrogens is 384 g/mol. The number of anilines is 3. The van der Waals surface area contributed by atoms with Crippen LogP contribution in [0.1, 0.15) is 0 Å². The molecule has 3 aromatic rings. The molecule has 1 fully saturated rings. The van der Waals surface area contributed by atoms with Crippen molar-refractivity contribution in [2.24, 2.45) is 0 Å². The lowest BCUT2D eigenvalue weighted by atomic mass is 10.3. The maximum absolute atomic E-state index is 10.3. The molecule has 1 saturated heterocycles. The molecule has 30 heavy (non-hydrogen) atoms. The highest BCUT2D eigenvalue weighted by atomic mass is 16.3. The molecule has 0 radical (unpaired) electrons. The van der Waals surface area contributed by atoms with Crippen molar-refractivity contribution in [3.63, 3.8) is 0 Å². The monoisotopic (exact) mass is 408 g/mol. The van der Waals surface area contributed by atoms with E-state index < -0.39 is 0 Å². The molecule has 9 nitrogen and oxygen atoms in total. The van der Waals surface area contributed by atoms with Crippen molar-refractivity contribution >= 4 is 17.5 Å². The number of rotatable bonds is 3. The summed E-state index contributed by atoms with van der Waals surface area (Å²) < 4.78 is 0. The van der Waals surface area contributed by atoms with E-state index in [2.05, 4.69) is 15.0 Å². The van der Waals surface area contributed by atoms with Gasteiger partial charge in [-0.3, -0.25) is 0 Å². The molecule has 3 N–H and O–H groups in total. The summed E-state index contributed by atoms with van der Waals surface area (Å²) in [4.78, 5) is 19.0. The summed E-state index contributed by atoms with van der Waals surface area (Å²) in [7, 11) is 0. The molecule has 0 atom stereocenters. The van der Waals surface area contributed by atoms with Crippen LogP contribution in [0.2, 0.25) is 0 Å². The van der Waals surface area contributed by atoms with Crippen LogP contribution in [0, 0.1) is 0 Å². The Morgan fingerprint density at radius 1 is 0.500 bits per heavy atom. The minimum absolute atomic E-state index is 0.108. The van der Waals surface area contributed by atoms with E-state index in [1.807, 2.05) is 14.7 Å². The van der Waals surface area contributed by atoms with Crippen molar-refractivity contribution in [1.82, 2.24) is 15.0 Å². The molecule has 0 saturated carbocycles. The number of hydrogen-bond donors (Lipinski definition) is 3. The van der Waals surface area contributed by atoms with Crippen molar-refractivity contribution in [2.75, 3.05) is 54.0 Å². The normalized spacial score (nSPS) is 15.4. The molecule has 1 aliphatic rings. The maximum Gasteiger partial charge on any atom is 0.171 e. The molecule has 4 heterocycles. The second kappa shape index (κ2) is 8.73. The van der Waals surface area contributed by atoms with E-state index in [1.54, 1.807) is 55.0 Å². The Morgan fingerprint density at radius 2 is 0.767 bits per heavy atom. The minimum Gasteiger partial charge on any atom is -0.504 e. The molecule has 0 aliphatic carbocycles. The SMILES string of the molecule is Oc1cccnc1N1CCN(c2ncccc2O)CCN(c2ncccc2O)CC1. The summed E-state index contributed by atoms with van der Waals surface area (Å²) in [6.07, 6.45) is 4.94. The molecule has 0 bridgehead atoms. The topological polar surface area (TPSA) is 109 Å². The molecule has 9 heteroatoms. The minimum atomic E-state index is 0.108. The lowest BCUT2D eigenvalue weighted by Crippen LogP contribution is -2.36. The summed E-state index contributed by atoms with van der Waals surface area (Å²) in [6, 6.07) is 9.89. The molecule has 0 aromatic carbocycles. The largest absolute Gasteiger partial charge is 0.504 e. The van der Waals surface area contributed by atoms with E-state index in [0.717, 1.165) is 0 Å². The van der Waals surface area contributed by atoms with Gasteiger partial charge in [-0.15, -0.1) is 0 Å². The van der Waals surface area contributed by atoms with Crippen LogP contribution in [0.25, 0.3) is 0 Å². The van der Waals surface area contributed by atoms with Gasteiger partial charge in [0.05, 0.1) is 0 Å². The first-order valence-electron chi connectivity index (χ1n) is 9.80. The second-order valence-corrected chi connectivity index (χ2v) is 7.00. The van der Waals surface area contributed by atoms with Gasteiger partial charge >= 0.3 is 0 Å². The molecule has 3 aromatic heterocycles. The molecule has 156 valence electrons. The average molecular weight is 408 g/mol. The lowest BCUT2D eigenvalue weighted by molar-refractivity contribution is 0.468. The summed E-state index contributed by atoms with van der Waals surface area (Å²) in [5.41, 5.74) is 0. The van der Waals surface area contributed by atoms with Gasteiger partial charge < -0.3 is 30.0 Å². The first kappa shape index (κ1) is 19.6. The van der Waals surface area contributed by atoms with Gasteiger partial charge in [-0.05, 0) is 36.4 Å². The van der Waals surface area contributed by atoms with Gasteiger partial charge in [0.2, 0.25) is 0 Å². The van der Waals surface area contributed by atoms with Gasteiger partial charge in [0.15, 0.2) is 34.7 Å². The van der Waals surface area contributed by atoms with E-state index in [4.69, 9.17) is 0 Å². The fourth-order valence-electron chi connectivity index (χ4n) is 3.59. The van der Waals surface area contributed by atoms with Crippen molar-refractivity contribution in [3.8, 4) is 17.2 Å². The first-order valence-corrected chi connectivity index (χ1v) is 9.80. The number of hydrogen-bond acceptors (Lipinski definition) is 9. The van der Waals surface area contributed by atoms with E-state index in [0.29, 0.717) is 56.7 Å². The Morgan fingerprint density at radius 3 is 1.00 bits per heavy atom. The predicted molar refractivity (Wildman–Crippen MR) is 114 cm³/mol. The smallest absolute Gasteiger partial charge is 0.171 e. The van der Waals surface area contributed by atoms with Crippen molar-refractivity contribution in [3.05, 3.63) is 55.0 Å². The van der Waals surface area contributed by atoms with Crippen molar-refractivity contribution < 1.29 is 15.3 Å². The van der Waals surface area contributed by atoms with E-state index in [1.165, 1.54) is 0 Å². The van der Waals surface area contributed by atoms with Crippen LogP contribution < -0.4 is 14.7 Å². The van der Waals surface area contributed by atoms with Crippen LogP contribution in [-0.4, -0.2) is 69.5 Å².